The number of aromatic nitrogens is 1. The third-order valence-corrected chi connectivity index (χ3v) is 4.87. The fraction of sp³-hybridized carbons (Fsp3) is 0.389. The molecule has 1 aliphatic rings. The summed E-state index contributed by atoms with van der Waals surface area (Å²) in [7, 11) is 1.65. The summed E-state index contributed by atoms with van der Waals surface area (Å²) in [6, 6.07) is 8.38. The van der Waals surface area contributed by atoms with Gasteiger partial charge in [0.05, 0.1) is 11.1 Å². The highest BCUT2D eigenvalue weighted by Crippen LogP contribution is 2.29. The van der Waals surface area contributed by atoms with E-state index in [2.05, 4.69) is 5.32 Å². The lowest BCUT2D eigenvalue weighted by molar-refractivity contribution is -0.145. The third kappa shape index (κ3) is 2.68. The molecule has 1 aliphatic carbocycles. The number of hydrogen-bond donors (Lipinski definition) is 2. The number of carboxylic acids is 1. The van der Waals surface area contributed by atoms with Crippen molar-refractivity contribution in [3.05, 3.63) is 46.2 Å². The van der Waals surface area contributed by atoms with Gasteiger partial charge in [0, 0.05) is 18.5 Å². The number of hydrogen-bond acceptors (Lipinski definition) is 3. The molecule has 0 aliphatic heterocycles. The van der Waals surface area contributed by atoms with Crippen LogP contribution in [0.15, 0.2) is 35.1 Å². The first-order valence-corrected chi connectivity index (χ1v) is 8.09. The van der Waals surface area contributed by atoms with E-state index in [4.69, 9.17) is 0 Å². The summed E-state index contributed by atoms with van der Waals surface area (Å²) in [4.78, 5) is 36.7. The van der Waals surface area contributed by atoms with Crippen molar-refractivity contribution >= 4 is 22.8 Å². The number of aryl methyl sites for hydroxylation is 1. The topological polar surface area (TPSA) is 88.4 Å². The third-order valence-electron chi connectivity index (χ3n) is 4.87. The molecule has 6 nitrogen and oxygen atoms in total. The first kappa shape index (κ1) is 16.2. The zero-order valence-corrected chi connectivity index (χ0v) is 13.5. The number of benzene rings is 1. The van der Waals surface area contributed by atoms with Crippen LogP contribution in [0.5, 0.6) is 0 Å². The minimum Gasteiger partial charge on any atom is -0.480 e. The molecule has 2 N–H and O–H groups in total. The molecule has 1 aromatic heterocycles. The fourth-order valence-corrected chi connectivity index (χ4v) is 3.43. The lowest BCUT2D eigenvalue weighted by atomic mass is 9.81. The highest BCUT2D eigenvalue weighted by molar-refractivity contribution is 6.07. The second-order valence-electron chi connectivity index (χ2n) is 6.37. The zero-order chi connectivity index (χ0) is 17.3. The Morgan fingerprint density at radius 2 is 1.83 bits per heavy atom. The molecule has 1 amide bonds. The maximum Gasteiger partial charge on any atom is 0.329 e. The van der Waals surface area contributed by atoms with Gasteiger partial charge in [-0.25, -0.2) is 4.79 Å². The number of para-hydroxylation sites is 1. The summed E-state index contributed by atoms with van der Waals surface area (Å²) in [6.07, 6.45) is 3.33. The highest BCUT2D eigenvalue weighted by atomic mass is 16.4. The zero-order valence-electron chi connectivity index (χ0n) is 13.5. The minimum absolute atomic E-state index is 0.222. The van der Waals surface area contributed by atoms with Crippen molar-refractivity contribution in [1.82, 2.24) is 9.88 Å². The monoisotopic (exact) mass is 328 g/mol. The van der Waals surface area contributed by atoms with Crippen LogP contribution in [0.3, 0.4) is 0 Å². The van der Waals surface area contributed by atoms with E-state index in [0.29, 0.717) is 23.7 Å². The van der Waals surface area contributed by atoms with Gasteiger partial charge in [0.1, 0.15) is 5.54 Å². The maximum absolute atomic E-state index is 12.8. The summed E-state index contributed by atoms with van der Waals surface area (Å²) >= 11 is 0. The van der Waals surface area contributed by atoms with Crippen LogP contribution in [-0.4, -0.2) is 27.1 Å². The summed E-state index contributed by atoms with van der Waals surface area (Å²) in [5.41, 5.74) is -0.674. The normalized spacial score (nSPS) is 16.7. The van der Waals surface area contributed by atoms with Crippen molar-refractivity contribution in [2.75, 3.05) is 0 Å². The molecule has 0 atom stereocenters. The van der Waals surface area contributed by atoms with Crippen LogP contribution in [0, 0.1) is 0 Å². The second kappa shape index (κ2) is 6.11. The van der Waals surface area contributed by atoms with E-state index in [9.17, 15) is 19.5 Å². The maximum atomic E-state index is 12.8. The van der Waals surface area contributed by atoms with Crippen LogP contribution in [-0.2, 0) is 11.8 Å². The Morgan fingerprint density at radius 1 is 1.17 bits per heavy atom. The molecule has 6 heteroatoms. The minimum atomic E-state index is -1.24. The van der Waals surface area contributed by atoms with Gasteiger partial charge in [-0.2, -0.15) is 0 Å². The Labute approximate surface area is 139 Å². The van der Waals surface area contributed by atoms with E-state index >= 15 is 0 Å². The molecule has 126 valence electrons. The van der Waals surface area contributed by atoms with Crippen LogP contribution in [0.1, 0.15) is 42.5 Å². The van der Waals surface area contributed by atoms with Crippen LogP contribution in [0.2, 0.25) is 0 Å². The lowest BCUT2D eigenvalue weighted by Crippen LogP contribution is -2.55. The molecule has 0 bridgehead atoms. The number of nitrogens with zero attached hydrogens (tertiary/aromatic N) is 1. The highest BCUT2D eigenvalue weighted by Gasteiger charge is 2.41. The van der Waals surface area contributed by atoms with Crippen molar-refractivity contribution in [3.63, 3.8) is 0 Å². The Balaban J connectivity index is 2.04. The molecule has 24 heavy (non-hydrogen) atoms. The van der Waals surface area contributed by atoms with Crippen molar-refractivity contribution in [2.24, 2.45) is 7.05 Å². The molecule has 0 radical (unpaired) electrons. The van der Waals surface area contributed by atoms with E-state index < -0.39 is 17.4 Å². The predicted molar refractivity (Wildman–Crippen MR) is 90.1 cm³/mol. The van der Waals surface area contributed by atoms with Crippen LogP contribution < -0.4 is 10.9 Å². The van der Waals surface area contributed by atoms with Gasteiger partial charge in [-0.3, -0.25) is 9.59 Å². The van der Waals surface area contributed by atoms with Crippen molar-refractivity contribution in [1.29, 1.82) is 0 Å². The molecule has 1 saturated carbocycles. The van der Waals surface area contributed by atoms with Crippen molar-refractivity contribution in [2.45, 2.75) is 37.6 Å². The molecular weight excluding hydrogens is 308 g/mol. The Kier molecular flexibility index (Phi) is 4.13. The molecule has 0 unspecified atom stereocenters. The number of nitrogens with one attached hydrogen (secondary N) is 1. The van der Waals surface area contributed by atoms with E-state index in [0.717, 1.165) is 19.3 Å². The van der Waals surface area contributed by atoms with Crippen LogP contribution >= 0.6 is 0 Å². The van der Waals surface area contributed by atoms with Gasteiger partial charge in [-0.05, 0) is 18.9 Å². The summed E-state index contributed by atoms with van der Waals surface area (Å²) in [5.74, 6) is -1.52. The summed E-state index contributed by atoms with van der Waals surface area (Å²) in [6.45, 7) is 0. The predicted octanol–water partition coefficient (Wildman–Crippen LogP) is 2.06. The molecule has 1 fully saturated rings. The Hall–Kier alpha value is -2.63. The summed E-state index contributed by atoms with van der Waals surface area (Å²) in [5, 5.41) is 12.9. The second-order valence-corrected chi connectivity index (χ2v) is 6.37. The first-order valence-electron chi connectivity index (χ1n) is 8.09. The van der Waals surface area contributed by atoms with Gasteiger partial charge < -0.3 is 15.0 Å². The molecule has 0 spiro atoms. The van der Waals surface area contributed by atoms with Crippen molar-refractivity contribution < 1.29 is 14.7 Å². The van der Waals surface area contributed by atoms with Gasteiger partial charge in [-0.1, -0.05) is 37.5 Å². The number of amides is 1. The molecular formula is C18H20N2O4. The van der Waals surface area contributed by atoms with E-state index in [-0.39, 0.29) is 11.1 Å². The number of carbonyl (C=O) groups excluding carboxylic acids is 1. The van der Waals surface area contributed by atoms with Crippen LogP contribution in [0.25, 0.3) is 10.9 Å². The number of rotatable bonds is 3. The number of carboxylic acid groups (broad SMARTS) is 1. The van der Waals surface area contributed by atoms with Gasteiger partial charge in [0.2, 0.25) is 0 Å². The van der Waals surface area contributed by atoms with Gasteiger partial charge in [0.25, 0.3) is 11.5 Å². The number of carbonyl (C=O) groups is 2. The lowest BCUT2D eigenvalue weighted by Gasteiger charge is -2.34. The largest absolute Gasteiger partial charge is 0.480 e. The van der Waals surface area contributed by atoms with Crippen molar-refractivity contribution in [3.8, 4) is 0 Å². The Morgan fingerprint density at radius 3 is 2.50 bits per heavy atom. The van der Waals surface area contributed by atoms with E-state index in [1.165, 1.54) is 10.6 Å². The molecule has 2 aromatic rings. The smallest absolute Gasteiger partial charge is 0.329 e. The van der Waals surface area contributed by atoms with Gasteiger partial charge >= 0.3 is 5.97 Å². The van der Waals surface area contributed by atoms with Crippen LogP contribution in [0.4, 0.5) is 0 Å². The van der Waals surface area contributed by atoms with Gasteiger partial charge in [-0.15, -0.1) is 0 Å². The molecule has 3 rings (SSSR count). The SMILES string of the molecule is Cn1c(=O)cc(C(=O)NC2(C(=O)O)CCCCC2)c2ccccc21. The Bertz CT molecular complexity index is 863. The molecule has 1 aromatic carbocycles. The average Bonchev–Trinajstić information content (AvgIpc) is 2.58. The quantitative estimate of drug-likeness (QED) is 0.902. The van der Waals surface area contributed by atoms with Gasteiger partial charge in [0.15, 0.2) is 0 Å². The van der Waals surface area contributed by atoms with E-state index in [1.54, 1.807) is 31.3 Å². The number of aliphatic carboxylic acids is 1. The number of pyridine rings is 1. The first-order chi connectivity index (χ1) is 11.4. The molecule has 1 heterocycles. The standard InChI is InChI=1S/C18H20N2O4/c1-20-14-8-4-3-7-12(14)13(11-15(20)21)16(22)19-18(17(23)24)9-5-2-6-10-18/h3-4,7-8,11H,2,5-6,9-10H2,1H3,(H,19,22)(H,23,24). The molecule has 0 saturated heterocycles. The number of fused-ring (bicyclic) bond motifs is 1. The fourth-order valence-electron chi connectivity index (χ4n) is 3.43. The van der Waals surface area contributed by atoms with E-state index in [1.807, 2.05) is 0 Å². The summed E-state index contributed by atoms with van der Waals surface area (Å²) < 4.78 is 1.47. The average molecular weight is 328 g/mol.